The third-order valence-corrected chi connectivity index (χ3v) is 4.01. The van der Waals surface area contributed by atoms with E-state index in [1.165, 1.54) is 17.4 Å². The molecule has 0 unspecified atom stereocenters. The van der Waals surface area contributed by atoms with Crippen LogP contribution in [0, 0.1) is 0 Å². The Kier molecular flexibility index (Phi) is 3.78. The standard InChI is InChI=1S/C13H9F3N4O2S/c14-13(15,16)11-7(4-17-20-11)12(22)18-6-1-2-9-8(3-6)19-10(5-21)23-9/h1-4,21H,5H2,(H,17,20)(H,18,22). The molecule has 1 amide bonds. The first-order chi connectivity index (χ1) is 10.9. The second kappa shape index (κ2) is 5.63. The maximum absolute atomic E-state index is 12.7. The quantitative estimate of drug-likeness (QED) is 0.683. The molecule has 0 aliphatic rings. The van der Waals surface area contributed by atoms with E-state index in [9.17, 15) is 18.0 Å². The second-order valence-corrected chi connectivity index (χ2v) is 5.67. The van der Waals surface area contributed by atoms with Gasteiger partial charge in [0.25, 0.3) is 5.91 Å². The number of fused-ring (bicyclic) bond motifs is 1. The van der Waals surface area contributed by atoms with Crippen molar-refractivity contribution in [1.82, 2.24) is 15.2 Å². The van der Waals surface area contributed by atoms with Gasteiger partial charge >= 0.3 is 6.18 Å². The van der Waals surface area contributed by atoms with Gasteiger partial charge in [-0.3, -0.25) is 9.89 Å². The van der Waals surface area contributed by atoms with Gasteiger partial charge in [0, 0.05) is 5.69 Å². The predicted octanol–water partition coefficient (Wildman–Crippen LogP) is 2.78. The molecule has 0 atom stereocenters. The number of hydrogen-bond donors (Lipinski definition) is 3. The van der Waals surface area contributed by atoms with E-state index in [1.54, 1.807) is 17.2 Å². The lowest BCUT2D eigenvalue weighted by Crippen LogP contribution is -2.17. The lowest BCUT2D eigenvalue weighted by Gasteiger charge is -2.08. The summed E-state index contributed by atoms with van der Waals surface area (Å²) in [6.45, 7) is -0.203. The highest BCUT2D eigenvalue weighted by Gasteiger charge is 2.37. The number of benzene rings is 1. The summed E-state index contributed by atoms with van der Waals surface area (Å²) in [7, 11) is 0. The number of nitrogens with zero attached hydrogens (tertiary/aromatic N) is 2. The molecule has 120 valence electrons. The average Bonchev–Trinajstić information content (AvgIpc) is 3.12. The van der Waals surface area contributed by atoms with E-state index >= 15 is 0 Å². The monoisotopic (exact) mass is 342 g/mol. The van der Waals surface area contributed by atoms with Gasteiger partial charge in [0.1, 0.15) is 5.01 Å². The topological polar surface area (TPSA) is 90.9 Å². The summed E-state index contributed by atoms with van der Waals surface area (Å²) < 4.78 is 39.0. The van der Waals surface area contributed by atoms with Crippen molar-refractivity contribution in [1.29, 1.82) is 0 Å². The molecule has 6 nitrogen and oxygen atoms in total. The third-order valence-electron chi connectivity index (χ3n) is 2.99. The molecule has 23 heavy (non-hydrogen) atoms. The van der Waals surface area contributed by atoms with Crippen LogP contribution in [0.25, 0.3) is 10.2 Å². The number of aromatic nitrogens is 3. The number of carbonyl (C=O) groups is 1. The van der Waals surface area contributed by atoms with E-state index in [-0.39, 0.29) is 6.61 Å². The molecule has 0 saturated carbocycles. The van der Waals surface area contributed by atoms with E-state index < -0.39 is 23.3 Å². The summed E-state index contributed by atoms with van der Waals surface area (Å²) in [5.74, 6) is -0.928. The van der Waals surface area contributed by atoms with Crippen molar-refractivity contribution in [3.63, 3.8) is 0 Å². The molecule has 3 aromatic rings. The maximum atomic E-state index is 12.7. The van der Waals surface area contributed by atoms with Crippen molar-refractivity contribution >= 4 is 33.1 Å². The normalized spacial score (nSPS) is 11.8. The molecule has 1 aromatic carbocycles. The minimum Gasteiger partial charge on any atom is -0.389 e. The fourth-order valence-electron chi connectivity index (χ4n) is 1.99. The molecular weight excluding hydrogens is 333 g/mol. The van der Waals surface area contributed by atoms with Crippen LogP contribution in [-0.4, -0.2) is 26.2 Å². The van der Waals surface area contributed by atoms with Crippen LogP contribution < -0.4 is 5.32 Å². The lowest BCUT2D eigenvalue weighted by atomic mass is 10.2. The van der Waals surface area contributed by atoms with Gasteiger partial charge in [0.05, 0.1) is 28.6 Å². The van der Waals surface area contributed by atoms with Crippen molar-refractivity contribution in [2.24, 2.45) is 0 Å². The number of nitrogens with one attached hydrogen (secondary N) is 2. The van der Waals surface area contributed by atoms with E-state index in [0.717, 1.165) is 10.9 Å². The molecule has 0 fully saturated rings. The van der Waals surface area contributed by atoms with Crippen LogP contribution >= 0.6 is 11.3 Å². The van der Waals surface area contributed by atoms with E-state index in [4.69, 9.17) is 5.11 Å². The van der Waals surface area contributed by atoms with Gasteiger partial charge in [-0.25, -0.2) is 4.98 Å². The highest BCUT2D eigenvalue weighted by atomic mass is 32.1. The number of alkyl halides is 3. The molecule has 2 heterocycles. The first kappa shape index (κ1) is 15.4. The Balaban J connectivity index is 1.87. The van der Waals surface area contributed by atoms with Crippen LogP contribution in [0.1, 0.15) is 21.1 Å². The molecule has 0 radical (unpaired) electrons. The Morgan fingerprint density at radius 2 is 2.17 bits per heavy atom. The molecule has 3 rings (SSSR count). The molecule has 0 bridgehead atoms. The molecular formula is C13H9F3N4O2S. The van der Waals surface area contributed by atoms with Crippen LogP contribution in [-0.2, 0) is 12.8 Å². The first-order valence-electron chi connectivity index (χ1n) is 6.30. The Labute approximate surface area is 131 Å². The number of aliphatic hydroxyl groups is 1. The molecule has 0 aliphatic carbocycles. The van der Waals surface area contributed by atoms with Gasteiger partial charge in [0.15, 0.2) is 5.69 Å². The van der Waals surface area contributed by atoms with Gasteiger partial charge in [-0.15, -0.1) is 11.3 Å². The highest BCUT2D eigenvalue weighted by molar-refractivity contribution is 7.18. The summed E-state index contributed by atoms with van der Waals surface area (Å²) in [6, 6.07) is 4.74. The fraction of sp³-hybridized carbons (Fsp3) is 0.154. The zero-order valence-corrected chi connectivity index (χ0v) is 12.1. The molecule has 3 N–H and O–H groups in total. The van der Waals surface area contributed by atoms with E-state index in [2.05, 4.69) is 15.4 Å². The van der Waals surface area contributed by atoms with Gasteiger partial charge in [-0.1, -0.05) is 0 Å². The predicted molar refractivity (Wildman–Crippen MR) is 77.1 cm³/mol. The van der Waals surface area contributed by atoms with Crippen LogP contribution in [0.4, 0.5) is 18.9 Å². The largest absolute Gasteiger partial charge is 0.433 e. The van der Waals surface area contributed by atoms with Gasteiger partial charge in [-0.05, 0) is 18.2 Å². The number of hydrogen-bond acceptors (Lipinski definition) is 5. The van der Waals surface area contributed by atoms with Crippen molar-refractivity contribution in [3.05, 3.63) is 40.7 Å². The Hall–Kier alpha value is -2.46. The number of aromatic amines is 1. The number of H-pyrrole nitrogens is 1. The summed E-state index contributed by atoms with van der Waals surface area (Å²) in [5.41, 5.74) is -0.953. The lowest BCUT2D eigenvalue weighted by molar-refractivity contribution is -0.141. The first-order valence-corrected chi connectivity index (χ1v) is 7.12. The van der Waals surface area contributed by atoms with E-state index in [1.807, 2.05) is 0 Å². The Bertz CT molecular complexity index is 872. The van der Waals surface area contributed by atoms with Crippen molar-refractivity contribution < 1.29 is 23.1 Å². The van der Waals surface area contributed by atoms with Gasteiger partial charge < -0.3 is 10.4 Å². The number of rotatable bonds is 3. The summed E-state index contributed by atoms with van der Waals surface area (Å²) in [4.78, 5) is 16.1. The zero-order valence-electron chi connectivity index (χ0n) is 11.3. The average molecular weight is 342 g/mol. The SMILES string of the molecule is O=C(Nc1ccc2sc(CO)nc2c1)c1cn[nH]c1C(F)(F)F. The molecule has 0 aliphatic heterocycles. The van der Waals surface area contributed by atoms with Gasteiger partial charge in [0.2, 0.25) is 0 Å². The summed E-state index contributed by atoms with van der Waals surface area (Å²) in [5, 5.41) is 17.0. The molecule has 0 spiro atoms. The smallest absolute Gasteiger partial charge is 0.389 e. The number of halogens is 3. The fourth-order valence-corrected chi connectivity index (χ4v) is 2.80. The van der Waals surface area contributed by atoms with E-state index in [0.29, 0.717) is 16.2 Å². The summed E-state index contributed by atoms with van der Waals surface area (Å²) >= 11 is 1.29. The molecule has 2 aromatic heterocycles. The minimum absolute atomic E-state index is 0.203. The number of anilines is 1. The zero-order chi connectivity index (χ0) is 16.6. The minimum atomic E-state index is -4.70. The Morgan fingerprint density at radius 1 is 1.39 bits per heavy atom. The third kappa shape index (κ3) is 3.03. The highest BCUT2D eigenvalue weighted by Crippen LogP contribution is 2.31. The second-order valence-electron chi connectivity index (χ2n) is 4.56. The van der Waals surface area contributed by atoms with Crippen molar-refractivity contribution in [3.8, 4) is 0 Å². The maximum Gasteiger partial charge on any atom is 0.433 e. The van der Waals surface area contributed by atoms with Crippen LogP contribution in [0.5, 0.6) is 0 Å². The van der Waals surface area contributed by atoms with Crippen LogP contribution in [0.15, 0.2) is 24.4 Å². The summed E-state index contributed by atoms with van der Waals surface area (Å²) in [6.07, 6.45) is -3.87. The number of thiazole rings is 1. The number of amides is 1. The number of carbonyl (C=O) groups excluding carboxylic acids is 1. The van der Waals surface area contributed by atoms with Crippen molar-refractivity contribution in [2.45, 2.75) is 12.8 Å². The Morgan fingerprint density at radius 3 is 2.87 bits per heavy atom. The number of aliphatic hydroxyl groups excluding tert-OH is 1. The van der Waals surface area contributed by atoms with Gasteiger partial charge in [-0.2, -0.15) is 18.3 Å². The molecule has 10 heteroatoms. The van der Waals surface area contributed by atoms with Crippen LogP contribution in [0.3, 0.4) is 0 Å². The van der Waals surface area contributed by atoms with Crippen molar-refractivity contribution in [2.75, 3.05) is 5.32 Å². The van der Waals surface area contributed by atoms with Crippen LogP contribution in [0.2, 0.25) is 0 Å². The molecule has 0 saturated heterocycles.